The Morgan fingerprint density at radius 2 is 2.13 bits per heavy atom. The lowest BCUT2D eigenvalue weighted by Crippen LogP contribution is -2.19. The van der Waals surface area contributed by atoms with Gasteiger partial charge < -0.3 is 10.2 Å². The molecule has 1 heterocycles. The Bertz CT molecular complexity index is 279. The van der Waals surface area contributed by atoms with Crippen molar-refractivity contribution in [1.29, 1.82) is 0 Å². The molecule has 0 aliphatic rings. The largest absolute Gasteiger partial charge is 0.363 e. The van der Waals surface area contributed by atoms with Gasteiger partial charge in [0.2, 0.25) is 0 Å². The zero-order valence-electron chi connectivity index (χ0n) is 10.1. The normalized spacial score (nSPS) is 12.5. The molecule has 15 heavy (non-hydrogen) atoms. The van der Waals surface area contributed by atoms with Crippen molar-refractivity contribution < 1.29 is 0 Å². The van der Waals surface area contributed by atoms with E-state index in [1.807, 2.05) is 25.2 Å². The van der Waals surface area contributed by atoms with Crippen molar-refractivity contribution in [1.82, 2.24) is 10.3 Å². The van der Waals surface area contributed by atoms with Gasteiger partial charge in [0.15, 0.2) is 0 Å². The fourth-order valence-electron chi connectivity index (χ4n) is 1.40. The smallest absolute Gasteiger partial charge is 0.127 e. The third kappa shape index (κ3) is 3.51. The van der Waals surface area contributed by atoms with Crippen LogP contribution in [-0.2, 0) is 0 Å². The molecular formula is C12H21N3. The van der Waals surface area contributed by atoms with Gasteiger partial charge >= 0.3 is 0 Å². The summed E-state index contributed by atoms with van der Waals surface area (Å²) in [5, 5.41) is 3.44. The van der Waals surface area contributed by atoms with E-state index >= 15 is 0 Å². The summed E-state index contributed by atoms with van der Waals surface area (Å²) in [6.07, 6.45) is 3.11. The second kappa shape index (κ2) is 5.71. The van der Waals surface area contributed by atoms with E-state index in [0.29, 0.717) is 6.04 Å². The molecular weight excluding hydrogens is 186 g/mol. The number of nitrogens with one attached hydrogen (secondary N) is 1. The summed E-state index contributed by atoms with van der Waals surface area (Å²) in [4.78, 5) is 6.40. The number of nitrogens with zero attached hydrogens (tertiary/aromatic N) is 2. The number of hydrogen-bond donors (Lipinski definition) is 1. The van der Waals surface area contributed by atoms with E-state index in [1.54, 1.807) is 0 Å². The van der Waals surface area contributed by atoms with Gasteiger partial charge in [-0.25, -0.2) is 4.98 Å². The number of pyridine rings is 1. The predicted octanol–water partition coefficient (Wildman–Crippen LogP) is 2.21. The lowest BCUT2D eigenvalue weighted by atomic mass is 10.1. The molecule has 0 aliphatic heterocycles. The predicted molar refractivity (Wildman–Crippen MR) is 65.3 cm³/mol. The molecule has 1 unspecified atom stereocenters. The molecule has 1 N–H and O–H groups in total. The maximum absolute atomic E-state index is 4.39. The van der Waals surface area contributed by atoms with E-state index < -0.39 is 0 Å². The quantitative estimate of drug-likeness (QED) is 0.802. The minimum absolute atomic E-state index is 0.383. The number of hydrogen-bond acceptors (Lipinski definition) is 3. The summed E-state index contributed by atoms with van der Waals surface area (Å²) in [6, 6.07) is 4.57. The van der Waals surface area contributed by atoms with Crippen molar-refractivity contribution in [2.24, 2.45) is 0 Å². The molecule has 3 nitrogen and oxygen atoms in total. The van der Waals surface area contributed by atoms with Gasteiger partial charge in [0.1, 0.15) is 5.82 Å². The van der Waals surface area contributed by atoms with Crippen molar-refractivity contribution in [2.45, 2.75) is 26.3 Å². The van der Waals surface area contributed by atoms with Crippen LogP contribution in [0.2, 0.25) is 0 Å². The Balaban J connectivity index is 2.62. The molecule has 0 bridgehead atoms. The van der Waals surface area contributed by atoms with Gasteiger partial charge in [0.25, 0.3) is 0 Å². The van der Waals surface area contributed by atoms with Gasteiger partial charge in [-0.15, -0.1) is 0 Å². The first kappa shape index (κ1) is 12.0. The van der Waals surface area contributed by atoms with Crippen molar-refractivity contribution >= 4 is 5.82 Å². The molecule has 1 aromatic rings. The summed E-state index contributed by atoms with van der Waals surface area (Å²) in [5.41, 5.74) is 1.24. The van der Waals surface area contributed by atoms with Crippen LogP contribution in [-0.4, -0.2) is 25.6 Å². The van der Waals surface area contributed by atoms with Crippen LogP contribution in [0.15, 0.2) is 18.3 Å². The lowest BCUT2D eigenvalue weighted by molar-refractivity contribution is 0.569. The summed E-state index contributed by atoms with van der Waals surface area (Å²) < 4.78 is 0. The maximum atomic E-state index is 4.39. The highest BCUT2D eigenvalue weighted by molar-refractivity contribution is 5.37. The molecule has 0 aliphatic carbocycles. The monoisotopic (exact) mass is 207 g/mol. The minimum Gasteiger partial charge on any atom is -0.363 e. The molecule has 0 amide bonds. The average molecular weight is 207 g/mol. The molecule has 84 valence electrons. The second-order valence-electron chi connectivity index (χ2n) is 4.02. The van der Waals surface area contributed by atoms with E-state index in [1.165, 1.54) is 5.56 Å². The molecule has 0 saturated heterocycles. The average Bonchev–Trinajstić information content (AvgIpc) is 2.26. The van der Waals surface area contributed by atoms with Gasteiger partial charge in [0, 0.05) is 26.3 Å². The van der Waals surface area contributed by atoms with E-state index in [4.69, 9.17) is 0 Å². The van der Waals surface area contributed by atoms with Gasteiger partial charge in [-0.2, -0.15) is 0 Å². The van der Waals surface area contributed by atoms with Crippen molar-refractivity contribution in [3.05, 3.63) is 23.9 Å². The van der Waals surface area contributed by atoms with Crippen molar-refractivity contribution in [3.8, 4) is 0 Å². The van der Waals surface area contributed by atoms with Crippen LogP contribution in [0.4, 0.5) is 5.82 Å². The maximum Gasteiger partial charge on any atom is 0.127 e. The Morgan fingerprint density at radius 3 is 2.60 bits per heavy atom. The third-order valence-electron chi connectivity index (χ3n) is 2.43. The summed E-state index contributed by atoms with van der Waals surface area (Å²) in [7, 11) is 4.00. The van der Waals surface area contributed by atoms with Crippen LogP contribution < -0.4 is 10.2 Å². The highest BCUT2D eigenvalue weighted by atomic mass is 15.1. The Hall–Kier alpha value is -1.09. The number of rotatable bonds is 5. The number of anilines is 1. The first-order chi connectivity index (χ1) is 7.15. The molecule has 0 spiro atoms. The minimum atomic E-state index is 0.383. The molecule has 3 heteroatoms. The Labute approximate surface area is 92.5 Å². The van der Waals surface area contributed by atoms with Crippen molar-refractivity contribution in [3.63, 3.8) is 0 Å². The molecule has 1 aromatic heterocycles. The first-order valence-electron chi connectivity index (χ1n) is 5.51. The summed E-state index contributed by atoms with van der Waals surface area (Å²) >= 11 is 0. The lowest BCUT2D eigenvalue weighted by Gasteiger charge is -2.15. The van der Waals surface area contributed by atoms with Gasteiger partial charge in [-0.3, -0.25) is 0 Å². The first-order valence-corrected chi connectivity index (χ1v) is 5.51. The van der Waals surface area contributed by atoms with E-state index in [9.17, 15) is 0 Å². The summed E-state index contributed by atoms with van der Waals surface area (Å²) in [5.74, 6) is 1.00. The zero-order valence-corrected chi connectivity index (χ0v) is 10.1. The van der Waals surface area contributed by atoms with Crippen LogP contribution in [0.5, 0.6) is 0 Å². The highest BCUT2D eigenvalue weighted by Crippen LogP contribution is 2.14. The van der Waals surface area contributed by atoms with Crippen LogP contribution >= 0.6 is 0 Å². The topological polar surface area (TPSA) is 28.2 Å². The highest BCUT2D eigenvalue weighted by Gasteiger charge is 2.04. The van der Waals surface area contributed by atoms with Gasteiger partial charge in [0.05, 0.1) is 0 Å². The van der Waals surface area contributed by atoms with Gasteiger partial charge in [-0.1, -0.05) is 13.0 Å². The molecule has 0 aromatic carbocycles. The molecule has 1 atom stereocenters. The molecule has 0 radical (unpaired) electrons. The van der Waals surface area contributed by atoms with E-state index in [2.05, 4.69) is 36.3 Å². The SMILES string of the molecule is CCCNC(C)c1ccc(N(C)C)nc1. The van der Waals surface area contributed by atoms with Crippen LogP contribution in [0, 0.1) is 0 Å². The Kier molecular flexibility index (Phi) is 4.56. The zero-order chi connectivity index (χ0) is 11.3. The molecule has 0 saturated carbocycles. The Morgan fingerprint density at radius 1 is 1.40 bits per heavy atom. The standard InChI is InChI=1S/C12H21N3/c1-5-8-13-10(2)11-6-7-12(14-9-11)15(3)4/h6-7,9-10,13H,5,8H2,1-4H3. The molecule has 1 rings (SSSR count). The van der Waals surface area contributed by atoms with Crippen LogP contribution in [0.25, 0.3) is 0 Å². The second-order valence-corrected chi connectivity index (χ2v) is 4.02. The van der Waals surface area contributed by atoms with Crippen molar-refractivity contribution in [2.75, 3.05) is 25.5 Å². The number of aromatic nitrogens is 1. The van der Waals surface area contributed by atoms with Gasteiger partial charge in [-0.05, 0) is 31.5 Å². The third-order valence-corrected chi connectivity index (χ3v) is 2.43. The van der Waals surface area contributed by atoms with Crippen LogP contribution in [0.3, 0.4) is 0 Å². The van der Waals surface area contributed by atoms with E-state index in [0.717, 1.165) is 18.8 Å². The fourth-order valence-corrected chi connectivity index (χ4v) is 1.40. The molecule has 0 fully saturated rings. The van der Waals surface area contributed by atoms with Crippen LogP contribution in [0.1, 0.15) is 31.9 Å². The van der Waals surface area contributed by atoms with E-state index in [-0.39, 0.29) is 0 Å². The fraction of sp³-hybridized carbons (Fsp3) is 0.583. The summed E-state index contributed by atoms with van der Waals surface area (Å²) in [6.45, 7) is 5.39.